The lowest BCUT2D eigenvalue weighted by Gasteiger charge is -2.20. The number of nitro groups is 1. The summed E-state index contributed by atoms with van der Waals surface area (Å²) in [5, 5.41) is 25.3. The second kappa shape index (κ2) is 6.81. The fraction of sp³-hybridized carbons (Fsp3) is 0.429. The quantitative estimate of drug-likeness (QED) is 0.638. The van der Waals surface area contributed by atoms with Gasteiger partial charge in [0.25, 0.3) is 5.69 Å². The summed E-state index contributed by atoms with van der Waals surface area (Å²) in [7, 11) is 0. The molecule has 0 spiro atoms. The third-order valence-corrected chi connectivity index (χ3v) is 2.61. The molecule has 0 atom stereocenters. The molecule has 0 aromatic heterocycles. The van der Waals surface area contributed by atoms with Gasteiger partial charge in [-0.2, -0.15) is 5.26 Å². The normalized spacial score (nSPS) is 10.8. The van der Waals surface area contributed by atoms with Gasteiger partial charge in [-0.3, -0.25) is 14.9 Å². The van der Waals surface area contributed by atoms with Crippen LogP contribution in [0.4, 0.5) is 11.4 Å². The van der Waals surface area contributed by atoms with Crippen molar-refractivity contribution < 1.29 is 9.72 Å². The zero-order chi connectivity index (χ0) is 16.0. The second-order valence-electron chi connectivity index (χ2n) is 5.58. The molecule has 1 amide bonds. The summed E-state index contributed by atoms with van der Waals surface area (Å²) in [5.41, 5.74) is -0.110. The van der Waals surface area contributed by atoms with Crippen LogP contribution in [0.3, 0.4) is 0 Å². The van der Waals surface area contributed by atoms with Gasteiger partial charge in [0.2, 0.25) is 5.91 Å². The number of amides is 1. The molecule has 1 aromatic rings. The topological polar surface area (TPSA) is 108 Å². The maximum atomic E-state index is 11.8. The van der Waals surface area contributed by atoms with Gasteiger partial charge in [0.05, 0.1) is 16.6 Å². The second-order valence-corrected chi connectivity index (χ2v) is 5.58. The van der Waals surface area contributed by atoms with Crippen molar-refractivity contribution in [3.8, 4) is 6.07 Å². The van der Waals surface area contributed by atoms with E-state index >= 15 is 0 Å². The van der Waals surface area contributed by atoms with Gasteiger partial charge in [-0.1, -0.05) is 0 Å². The summed E-state index contributed by atoms with van der Waals surface area (Å²) >= 11 is 0. The standard InChI is InChI=1S/C14H18N4O3/c1-14(2,3)16-7-6-13(19)17-11-5-4-10(9-15)8-12(11)18(20)21/h4-5,8,16H,6-7H2,1-3H3,(H,17,19). The summed E-state index contributed by atoms with van der Waals surface area (Å²) in [6, 6.07) is 5.76. The predicted molar refractivity (Wildman–Crippen MR) is 78.8 cm³/mol. The molecule has 0 aliphatic carbocycles. The first-order valence-electron chi connectivity index (χ1n) is 6.46. The fourth-order valence-corrected chi connectivity index (χ4v) is 1.62. The van der Waals surface area contributed by atoms with Crippen LogP contribution in [0.2, 0.25) is 0 Å². The van der Waals surface area contributed by atoms with E-state index in [0.717, 1.165) is 6.07 Å². The average Bonchev–Trinajstić information content (AvgIpc) is 2.37. The van der Waals surface area contributed by atoms with E-state index < -0.39 is 4.92 Å². The molecule has 7 heteroatoms. The van der Waals surface area contributed by atoms with E-state index in [9.17, 15) is 14.9 Å². The van der Waals surface area contributed by atoms with Gasteiger partial charge in [-0.25, -0.2) is 0 Å². The number of hydrogen-bond donors (Lipinski definition) is 2. The summed E-state index contributed by atoms with van der Waals surface area (Å²) in [6.07, 6.45) is 0.203. The van der Waals surface area contributed by atoms with Crippen LogP contribution < -0.4 is 10.6 Å². The highest BCUT2D eigenvalue weighted by molar-refractivity contribution is 5.93. The number of hydrogen-bond acceptors (Lipinski definition) is 5. The zero-order valence-corrected chi connectivity index (χ0v) is 12.3. The molecular formula is C14H18N4O3. The Balaban J connectivity index is 2.72. The fourth-order valence-electron chi connectivity index (χ4n) is 1.62. The largest absolute Gasteiger partial charge is 0.320 e. The Kier molecular flexibility index (Phi) is 5.38. The zero-order valence-electron chi connectivity index (χ0n) is 12.3. The van der Waals surface area contributed by atoms with Gasteiger partial charge in [0, 0.05) is 24.6 Å². The molecule has 112 valence electrons. The molecule has 0 radical (unpaired) electrons. The SMILES string of the molecule is CC(C)(C)NCCC(=O)Nc1ccc(C#N)cc1[N+](=O)[O-]. The Hall–Kier alpha value is -2.46. The molecule has 1 aromatic carbocycles. The Labute approximate surface area is 123 Å². The Morgan fingerprint density at radius 3 is 2.62 bits per heavy atom. The summed E-state index contributed by atoms with van der Waals surface area (Å²) in [6.45, 7) is 6.42. The number of rotatable bonds is 5. The van der Waals surface area contributed by atoms with Crippen molar-refractivity contribution >= 4 is 17.3 Å². The average molecular weight is 290 g/mol. The molecule has 0 saturated heterocycles. The molecule has 0 fully saturated rings. The van der Waals surface area contributed by atoms with Crippen LogP contribution in [-0.4, -0.2) is 22.9 Å². The van der Waals surface area contributed by atoms with E-state index in [2.05, 4.69) is 10.6 Å². The van der Waals surface area contributed by atoms with Crippen molar-refractivity contribution in [2.24, 2.45) is 0 Å². The molecular weight excluding hydrogens is 272 g/mol. The van der Waals surface area contributed by atoms with Crippen LogP contribution in [0, 0.1) is 21.4 Å². The lowest BCUT2D eigenvalue weighted by Crippen LogP contribution is -2.37. The van der Waals surface area contributed by atoms with E-state index in [0.29, 0.717) is 6.54 Å². The lowest BCUT2D eigenvalue weighted by molar-refractivity contribution is -0.383. The molecule has 0 heterocycles. The van der Waals surface area contributed by atoms with E-state index in [-0.39, 0.29) is 34.8 Å². The minimum atomic E-state index is -0.621. The Morgan fingerprint density at radius 2 is 2.10 bits per heavy atom. The first-order chi connectivity index (χ1) is 9.73. The van der Waals surface area contributed by atoms with Crippen LogP contribution >= 0.6 is 0 Å². The van der Waals surface area contributed by atoms with Crippen molar-refractivity contribution in [3.63, 3.8) is 0 Å². The van der Waals surface area contributed by atoms with Crippen LogP contribution in [-0.2, 0) is 4.79 Å². The van der Waals surface area contributed by atoms with Gasteiger partial charge in [0.15, 0.2) is 0 Å². The molecule has 1 rings (SSSR count). The van der Waals surface area contributed by atoms with Gasteiger partial charge in [0.1, 0.15) is 5.69 Å². The number of carbonyl (C=O) groups excluding carboxylic acids is 1. The molecule has 2 N–H and O–H groups in total. The molecule has 7 nitrogen and oxygen atoms in total. The smallest absolute Gasteiger partial charge is 0.294 e. The number of nitrogens with zero attached hydrogens (tertiary/aromatic N) is 2. The molecule has 21 heavy (non-hydrogen) atoms. The number of carbonyl (C=O) groups is 1. The highest BCUT2D eigenvalue weighted by Gasteiger charge is 2.17. The first-order valence-corrected chi connectivity index (χ1v) is 6.46. The van der Waals surface area contributed by atoms with E-state index in [1.807, 2.05) is 26.8 Å². The molecule has 0 aliphatic heterocycles. The monoisotopic (exact) mass is 290 g/mol. The molecule has 0 saturated carbocycles. The van der Waals surface area contributed by atoms with Gasteiger partial charge < -0.3 is 10.6 Å². The minimum absolute atomic E-state index is 0.0965. The van der Waals surface area contributed by atoms with Crippen LogP contribution in [0.1, 0.15) is 32.8 Å². The minimum Gasteiger partial charge on any atom is -0.320 e. The van der Waals surface area contributed by atoms with Gasteiger partial charge in [-0.15, -0.1) is 0 Å². The maximum Gasteiger partial charge on any atom is 0.294 e. The third kappa shape index (κ3) is 5.58. The van der Waals surface area contributed by atoms with Gasteiger partial charge in [-0.05, 0) is 32.9 Å². The number of nitriles is 1. The number of nitrogens with one attached hydrogen (secondary N) is 2. The van der Waals surface area contributed by atoms with Crippen molar-refractivity contribution in [3.05, 3.63) is 33.9 Å². The maximum absolute atomic E-state index is 11.8. The van der Waals surface area contributed by atoms with Crippen molar-refractivity contribution in [1.29, 1.82) is 5.26 Å². The van der Waals surface area contributed by atoms with Crippen LogP contribution in [0.25, 0.3) is 0 Å². The molecule has 0 aliphatic rings. The van der Waals surface area contributed by atoms with Crippen molar-refractivity contribution in [1.82, 2.24) is 5.32 Å². The summed E-state index contributed by atoms with van der Waals surface area (Å²) in [4.78, 5) is 22.1. The van der Waals surface area contributed by atoms with Crippen molar-refractivity contribution in [2.75, 3.05) is 11.9 Å². The summed E-state index contributed by atoms with van der Waals surface area (Å²) in [5.74, 6) is -0.320. The highest BCUT2D eigenvalue weighted by atomic mass is 16.6. The van der Waals surface area contributed by atoms with Gasteiger partial charge >= 0.3 is 0 Å². The van der Waals surface area contributed by atoms with E-state index in [1.165, 1.54) is 12.1 Å². The van der Waals surface area contributed by atoms with Crippen LogP contribution in [0.15, 0.2) is 18.2 Å². The Bertz CT molecular complexity index is 585. The number of nitro benzene ring substituents is 1. The van der Waals surface area contributed by atoms with Crippen LogP contribution in [0.5, 0.6) is 0 Å². The number of benzene rings is 1. The van der Waals surface area contributed by atoms with E-state index in [4.69, 9.17) is 5.26 Å². The highest BCUT2D eigenvalue weighted by Crippen LogP contribution is 2.25. The predicted octanol–water partition coefficient (Wildman–Crippen LogP) is 2.18. The first kappa shape index (κ1) is 16.6. The molecule has 0 unspecified atom stereocenters. The molecule has 0 bridgehead atoms. The van der Waals surface area contributed by atoms with Crippen molar-refractivity contribution in [2.45, 2.75) is 32.7 Å². The Morgan fingerprint density at radius 1 is 1.43 bits per heavy atom. The summed E-state index contributed by atoms with van der Waals surface area (Å²) < 4.78 is 0. The third-order valence-electron chi connectivity index (χ3n) is 2.61. The van der Waals surface area contributed by atoms with E-state index in [1.54, 1.807) is 0 Å². The lowest BCUT2D eigenvalue weighted by atomic mass is 10.1. The number of anilines is 1.